The average molecular weight is 380 g/mol. The van der Waals surface area contributed by atoms with Crippen molar-refractivity contribution < 1.29 is 18.0 Å². The van der Waals surface area contributed by atoms with Crippen LogP contribution in [0, 0.1) is 18.6 Å². The highest BCUT2D eigenvalue weighted by Crippen LogP contribution is 2.41. The first-order valence-electron chi connectivity index (χ1n) is 8.72. The zero-order valence-electron chi connectivity index (χ0n) is 14.7. The van der Waals surface area contributed by atoms with E-state index in [-0.39, 0.29) is 23.9 Å². The summed E-state index contributed by atoms with van der Waals surface area (Å²) in [5.41, 5.74) is 2.14. The molecular weight excluding hydrogens is 366 g/mol. The van der Waals surface area contributed by atoms with Crippen LogP contribution >= 0.6 is 0 Å². The number of hydrogen-bond donors (Lipinski definition) is 1. The Balaban J connectivity index is 1.72. The molecule has 2 aromatic heterocycles. The lowest BCUT2D eigenvalue weighted by molar-refractivity contribution is -0.116. The Morgan fingerprint density at radius 3 is 2.61 bits per heavy atom. The number of nitrogens with zero attached hydrogens (tertiary/aromatic N) is 3. The van der Waals surface area contributed by atoms with Crippen molar-refractivity contribution in [3.8, 4) is 6.01 Å². The van der Waals surface area contributed by atoms with Crippen LogP contribution in [0.25, 0.3) is 17.1 Å². The number of anilines is 1. The van der Waals surface area contributed by atoms with Gasteiger partial charge in [-0.3, -0.25) is 4.79 Å². The second kappa shape index (κ2) is 5.98. The van der Waals surface area contributed by atoms with E-state index in [1.54, 1.807) is 19.1 Å². The van der Waals surface area contributed by atoms with Crippen molar-refractivity contribution in [3.05, 3.63) is 70.9 Å². The van der Waals surface area contributed by atoms with Crippen LogP contribution in [0.2, 0.25) is 0 Å². The number of oxazole rings is 1. The molecule has 28 heavy (non-hydrogen) atoms. The number of carbonyl (C=O) groups is 1. The van der Waals surface area contributed by atoms with Gasteiger partial charge in [-0.25, -0.2) is 8.78 Å². The van der Waals surface area contributed by atoms with Gasteiger partial charge in [0.15, 0.2) is 5.58 Å². The van der Waals surface area contributed by atoms with Crippen molar-refractivity contribution in [2.24, 2.45) is 0 Å². The largest absolute Gasteiger partial charge is 0.422 e. The fourth-order valence-corrected chi connectivity index (χ4v) is 3.73. The Bertz CT molecular complexity index is 1190. The quantitative estimate of drug-likeness (QED) is 0.569. The van der Waals surface area contributed by atoms with Crippen LogP contribution in [0.4, 0.5) is 14.6 Å². The maximum atomic E-state index is 14.4. The molecule has 0 aliphatic carbocycles. The lowest BCUT2D eigenvalue weighted by atomic mass is 9.85. The standard InChI is InChI=1S/C20H14F2N4O2/c1-10-17-11(18-12(21)5-4-6-13(18)22)9-16(27)24-19(17)26(25-10)20-23-14-7-2-3-8-15(14)28-20/h2-8,11H,9H2,1H3,(H,24,27)/t11-/m0/s1. The molecule has 0 saturated heterocycles. The van der Waals surface area contributed by atoms with Crippen molar-refractivity contribution in [3.63, 3.8) is 0 Å². The maximum Gasteiger partial charge on any atom is 0.325 e. The molecule has 0 bridgehead atoms. The Morgan fingerprint density at radius 2 is 1.86 bits per heavy atom. The van der Waals surface area contributed by atoms with Crippen LogP contribution in [-0.2, 0) is 4.79 Å². The molecule has 140 valence electrons. The molecule has 3 heterocycles. The predicted molar refractivity (Wildman–Crippen MR) is 97.3 cm³/mol. The van der Waals surface area contributed by atoms with E-state index in [1.807, 2.05) is 12.1 Å². The smallest absolute Gasteiger partial charge is 0.325 e. The summed E-state index contributed by atoms with van der Waals surface area (Å²) in [7, 11) is 0. The molecule has 1 aliphatic heterocycles. The Hall–Kier alpha value is -3.55. The Morgan fingerprint density at radius 1 is 1.11 bits per heavy atom. The van der Waals surface area contributed by atoms with Crippen molar-refractivity contribution in [2.75, 3.05) is 5.32 Å². The summed E-state index contributed by atoms with van der Waals surface area (Å²) in [6.07, 6.45) is -0.0784. The molecule has 1 atom stereocenters. The number of carbonyl (C=O) groups excluding carboxylic acids is 1. The number of halogens is 2. The average Bonchev–Trinajstić information content (AvgIpc) is 3.22. The number of hydrogen-bond acceptors (Lipinski definition) is 4. The summed E-state index contributed by atoms with van der Waals surface area (Å²) in [5.74, 6) is -2.23. The van der Waals surface area contributed by atoms with Gasteiger partial charge in [-0.15, -0.1) is 0 Å². The number of aromatic nitrogens is 3. The summed E-state index contributed by atoms with van der Waals surface area (Å²) in [4.78, 5) is 16.7. The molecule has 4 aromatic rings. The number of amides is 1. The van der Waals surface area contributed by atoms with E-state index in [4.69, 9.17) is 4.42 Å². The molecule has 1 amide bonds. The van der Waals surface area contributed by atoms with E-state index < -0.39 is 17.6 Å². The molecule has 0 spiro atoms. The van der Waals surface area contributed by atoms with E-state index >= 15 is 0 Å². The third-order valence-corrected chi connectivity index (χ3v) is 4.91. The van der Waals surface area contributed by atoms with Gasteiger partial charge in [0, 0.05) is 23.5 Å². The van der Waals surface area contributed by atoms with Crippen molar-refractivity contribution in [2.45, 2.75) is 19.3 Å². The van der Waals surface area contributed by atoms with Crippen molar-refractivity contribution in [1.29, 1.82) is 0 Å². The number of rotatable bonds is 2. The number of aryl methyl sites for hydroxylation is 1. The molecule has 0 radical (unpaired) electrons. The monoisotopic (exact) mass is 380 g/mol. The molecule has 6 nitrogen and oxygen atoms in total. The lowest BCUT2D eigenvalue weighted by Gasteiger charge is -2.24. The molecule has 5 rings (SSSR count). The van der Waals surface area contributed by atoms with Crippen LogP contribution in [-0.4, -0.2) is 20.7 Å². The zero-order chi connectivity index (χ0) is 19.4. The third kappa shape index (κ3) is 2.41. The lowest BCUT2D eigenvalue weighted by Crippen LogP contribution is -2.26. The fourth-order valence-electron chi connectivity index (χ4n) is 3.73. The number of benzene rings is 2. The minimum Gasteiger partial charge on any atom is -0.422 e. The van der Waals surface area contributed by atoms with Crippen LogP contribution in [0.5, 0.6) is 0 Å². The molecule has 8 heteroatoms. The third-order valence-electron chi connectivity index (χ3n) is 4.91. The first-order valence-corrected chi connectivity index (χ1v) is 8.72. The molecule has 1 N–H and O–H groups in total. The van der Waals surface area contributed by atoms with E-state index in [2.05, 4.69) is 15.4 Å². The van der Waals surface area contributed by atoms with Gasteiger partial charge in [0.05, 0.1) is 5.69 Å². The van der Waals surface area contributed by atoms with Crippen LogP contribution in [0.15, 0.2) is 46.9 Å². The summed E-state index contributed by atoms with van der Waals surface area (Å²) in [6, 6.07) is 11.0. The summed E-state index contributed by atoms with van der Waals surface area (Å²) < 4.78 is 36.0. The zero-order valence-corrected chi connectivity index (χ0v) is 14.7. The van der Waals surface area contributed by atoms with E-state index in [1.165, 1.54) is 22.9 Å². The fraction of sp³-hybridized carbons (Fsp3) is 0.150. The minimum atomic E-state index is -0.789. The molecular formula is C20H14F2N4O2. The summed E-state index contributed by atoms with van der Waals surface area (Å²) >= 11 is 0. The predicted octanol–water partition coefficient (Wildman–Crippen LogP) is 4.07. The van der Waals surface area contributed by atoms with Gasteiger partial charge >= 0.3 is 6.01 Å². The normalized spacial score (nSPS) is 16.2. The molecule has 2 aromatic carbocycles. The first-order chi connectivity index (χ1) is 13.5. The topological polar surface area (TPSA) is 73.0 Å². The van der Waals surface area contributed by atoms with E-state index in [0.29, 0.717) is 28.2 Å². The molecule has 0 unspecified atom stereocenters. The van der Waals surface area contributed by atoms with E-state index in [9.17, 15) is 13.6 Å². The van der Waals surface area contributed by atoms with Crippen molar-refractivity contribution >= 4 is 22.8 Å². The second-order valence-corrected chi connectivity index (χ2v) is 6.66. The van der Waals surface area contributed by atoms with Crippen LogP contribution in [0.3, 0.4) is 0 Å². The van der Waals surface area contributed by atoms with Gasteiger partial charge in [0.1, 0.15) is 23.0 Å². The second-order valence-electron chi connectivity index (χ2n) is 6.66. The van der Waals surface area contributed by atoms with Crippen LogP contribution < -0.4 is 5.32 Å². The number of nitrogens with one attached hydrogen (secondary N) is 1. The van der Waals surface area contributed by atoms with Gasteiger partial charge < -0.3 is 9.73 Å². The van der Waals surface area contributed by atoms with Gasteiger partial charge in [-0.2, -0.15) is 14.8 Å². The summed E-state index contributed by atoms with van der Waals surface area (Å²) in [6.45, 7) is 1.72. The van der Waals surface area contributed by atoms with Crippen LogP contribution in [0.1, 0.15) is 29.2 Å². The molecule has 1 aliphatic rings. The first kappa shape index (κ1) is 16.6. The molecule has 0 saturated carbocycles. The summed E-state index contributed by atoms with van der Waals surface area (Å²) in [5, 5.41) is 7.18. The minimum absolute atomic E-state index is 0.0784. The van der Waals surface area contributed by atoms with Gasteiger partial charge in [-0.05, 0) is 31.2 Å². The van der Waals surface area contributed by atoms with Crippen molar-refractivity contribution in [1.82, 2.24) is 14.8 Å². The highest BCUT2D eigenvalue weighted by molar-refractivity contribution is 5.95. The highest BCUT2D eigenvalue weighted by Gasteiger charge is 2.36. The maximum absolute atomic E-state index is 14.4. The Labute approximate surface area is 157 Å². The Kier molecular flexibility index (Phi) is 3.55. The van der Waals surface area contributed by atoms with Gasteiger partial charge in [0.2, 0.25) is 5.91 Å². The van der Waals surface area contributed by atoms with E-state index in [0.717, 1.165) is 0 Å². The van der Waals surface area contributed by atoms with Gasteiger partial charge in [-0.1, -0.05) is 18.2 Å². The molecule has 0 fully saturated rings. The highest BCUT2D eigenvalue weighted by atomic mass is 19.1. The van der Waals surface area contributed by atoms with Gasteiger partial charge in [0.25, 0.3) is 0 Å². The SMILES string of the molecule is Cc1nn(-c2nc3ccccc3o2)c2c1[C@@H](c1c(F)cccc1F)CC(=O)N2. The number of fused-ring (bicyclic) bond motifs is 2. The number of para-hydroxylation sites is 2.